The van der Waals surface area contributed by atoms with Crippen LogP contribution in [0.5, 0.6) is 0 Å². The lowest BCUT2D eigenvalue weighted by atomic mass is 9.85. The number of benzene rings is 1. The molecule has 0 saturated heterocycles. The summed E-state index contributed by atoms with van der Waals surface area (Å²) in [7, 11) is 1.83. The molecule has 0 bridgehead atoms. The minimum Gasteiger partial charge on any atom is -0.356 e. The maximum Gasteiger partial charge on any atom is 0.191 e. The number of nitrogens with zero attached hydrogens (tertiary/aromatic N) is 1. The summed E-state index contributed by atoms with van der Waals surface area (Å²) in [6.45, 7) is 5.36. The maximum absolute atomic E-state index is 4.31. The van der Waals surface area contributed by atoms with Gasteiger partial charge in [-0.1, -0.05) is 56.3 Å². The zero-order valence-electron chi connectivity index (χ0n) is 12.7. The first-order chi connectivity index (χ1) is 9.62. The highest BCUT2D eigenvalue weighted by Crippen LogP contribution is 2.21. The summed E-state index contributed by atoms with van der Waals surface area (Å²) in [6, 6.07) is 11.1. The van der Waals surface area contributed by atoms with Crippen LogP contribution in [0, 0.1) is 0 Å². The van der Waals surface area contributed by atoms with Crippen LogP contribution in [0.2, 0.25) is 0 Å². The molecule has 1 aromatic carbocycles. The quantitative estimate of drug-likeness (QED) is 0.502. The zero-order chi connectivity index (χ0) is 14.4. The van der Waals surface area contributed by atoms with E-state index in [1.54, 1.807) is 0 Å². The summed E-state index contributed by atoms with van der Waals surface area (Å²) < 4.78 is 0. The van der Waals surface area contributed by atoms with Crippen LogP contribution in [-0.2, 0) is 5.41 Å². The van der Waals surface area contributed by atoms with Gasteiger partial charge < -0.3 is 10.6 Å². The predicted molar refractivity (Wildman–Crippen MR) is 86.1 cm³/mol. The van der Waals surface area contributed by atoms with Crippen molar-refractivity contribution < 1.29 is 0 Å². The van der Waals surface area contributed by atoms with E-state index in [4.69, 9.17) is 0 Å². The average molecular weight is 271 g/mol. The Balaban J connectivity index is 1.89. The molecular weight excluding hydrogens is 246 g/mol. The molecule has 2 rings (SSSR count). The minimum absolute atomic E-state index is 0.0762. The molecule has 0 fully saturated rings. The van der Waals surface area contributed by atoms with E-state index in [0.29, 0.717) is 6.04 Å². The van der Waals surface area contributed by atoms with Crippen LogP contribution in [0.25, 0.3) is 0 Å². The lowest BCUT2D eigenvalue weighted by Crippen LogP contribution is -2.46. The van der Waals surface area contributed by atoms with Crippen molar-refractivity contribution in [2.75, 3.05) is 13.6 Å². The van der Waals surface area contributed by atoms with Gasteiger partial charge in [0.05, 0.1) is 0 Å². The van der Waals surface area contributed by atoms with Crippen LogP contribution in [0.1, 0.15) is 32.3 Å². The first-order valence-corrected chi connectivity index (χ1v) is 7.29. The number of aliphatic imine (C=N–C) groups is 1. The molecule has 0 heterocycles. The zero-order valence-corrected chi connectivity index (χ0v) is 12.7. The molecule has 1 aliphatic carbocycles. The third-order valence-electron chi connectivity index (χ3n) is 3.83. The molecule has 0 aromatic heterocycles. The molecule has 20 heavy (non-hydrogen) atoms. The van der Waals surface area contributed by atoms with Gasteiger partial charge in [0, 0.05) is 25.0 Å². The van der Waals surface area contributed by atoms with E-state index in [1.807, 2.05) is 7.05 Å². The van der Waals surface area contributed by atoms with E-state index >= 15 is 0 Å². The van der Waals surface area contributed by atoms with Crippen LogP contribution in [0.4, 0.5) is 0 Å². The van der Waals surface area contributed by atoms with Crippen molar-refractivity contribution in [1.29, 1.82) is 0 Å². The van der Waals surface area contributed by atoms with Crippen LogP contribution >= 0.6 is 0 Å². The smallest absolute Gasteiger partial charge is 0.191 e. The Morgan fingerprint density at radius 2 is 1.85 bits per heavy atom. The normalized spacial score (nSPS) is 16.4. The van der Waals surface area contributed by atoms with Gasteiger partial charge in [0.25, 0.3) is 0 Å². The van der Waals surface area contributed by atoms with Gasteiger partial charge in [-0.15, -0.1) is 0 Å². The summed E-state index contributed by atoms with van der Waals surface area (Å²) >= 11 is 0. The highest BCUT2D eigenvalue weighted by molar-refractivity contribution is 5.80. The predicted octanol–water partition coefficient (Wildman–Crippen LogP) is 2.85. The van der Waals surface area contributed by atoms with E-state index in [9.17, 15) is 0 Å². The molecule has 0 aliphatic heterocycles. The largest absolute Gasteiger partial charge is 0.356 e. The standard InChI is InChI=1S/C17H25N3/c1-17(2,14-9-5-4-6-10-14)13-19-16(18-3)20-15-11-7-8-12-15/h4-10,15H,11-13H2,1-3H3,(H2,18,19,20). The molecule has 1 aromatic rings. The molecule has 3 heteroatoms. The van der Waals surface area contributed by atoms with E-state index in [0.717, 1.165) is 25.3 Å². The van der Waals surface area contributed by atoms with Crippen LogP contribution in [0.15, 0.2) is 47.5 Å². The highest BCUT2D eigenvalue weighted by Gasteiger charge is 2.21. The molecule has 0 radical (unpaired) electrons. The molecule has 0 atom stereocenters. The summed E-state index contributed by atoms with van der Waals surface area (Å²) in [5.41, 5.74) is 1.41. The fraction of sp³-hybridized carbons (Fsp3) is 0.471. The summed E-state index contributed by atoms with van der Waals surface area (Å²) in [5, 5.41) is 6.91. The maximum atomic E-state index is 4.31. The SMILES string of the molecule is CN=C(NCC(C)(C)c1ccccc1)NC1CC=CC1. The second-order valence-corrected chi connectivity index (χ2v) is 5.96. The van der Waals surface area contributed by atoms with Crippen molar-refractivity contribution in [3.05, 3.63) is 48.0 Å². The van der Waals surface area contributed by atoms with Crippen molar-refractivity contribution in [3.63, 3.8) is 0 Å². The second kappa shape index (κ2) is 6.60. The Kier molecular flexibility index (Phi) is 4.83. The average Bonchev–Trinajstić information content (AvgIpc) is 2.97. The van der Waals surface area contributed by atoms with Crippen LogP contribution in [-0.4, -0.2) is 25.6 Å². The summed E-state index contributed by atoms with van der Waals surface area (Å²) in [6.07, 6.45) is 6.61. The molecule has 1 aliphatic rings. The molecule has 3 nitrogen and oxygen atoms in total. The van der Waals surface area contributed by atoms with Crippen molar-refractivity contribution in [1.82, 2.24) is 10.6 Å². The van der Waals surface area contributed by atoms with Crippen LogP contribution < -0.4 is 10.6 Å². The van der Waals surface area contributed by atoms with Gasteiger partial charge in [0.2, 0.25) is 0 Å². The molecule has 2 N–H and O–H groups in total. The van der Waals surface area contributed by atoms with E-state index < -0.39 is 0 Å². The first-order valence-electron chi connectivity index (χ1n) is 7.29. The molecule has 108 valence electrons. The van der Waals surface area contributed by atoms with Crippen molar-refractivity contribution in [2.45, 2.75) is 38.1 Å². The minimum atomic E-state index is 0.0762. The fourth-order valence-electron chi connectivity index (χ4n) is 2.42. The fourth-order valence-corrected chi connectivity index (χ4v) is 2.42. The number of hydrogen-bond acceptors (Lipinski definition) is 1. The van der Waals surface area contributed by atoms with Gasteiger partial charge in [-0.2, -0.15) is 0 Å². The Morgan fingerprint density at radius 1 is 1.20 bits per heavy atom. The summed E-state index contributed by atoms with van der Waals surface area (Å²) in [5.74, 6) is 0.891. The number of guanidine groups is 1. The van der Waals surface area contributed by atoms with Gasteiger partial charge >= 0.3 is 0 Å². The first kappa shape index (κ1) is 14.6. The summed E-state index contributed by atoms with van der Waals surface area (Å²) in [4.78, 5) is 4.31. The van der Waals surface area contributed by atoms with Gasteiger partial charge in [-0.3, -0.25) is 4.99 Å². The molecular formula is C17H25N3. The van der Waals surface area contributed by atoms with E-state index in [1.165, 1.54) is 5.56 Å². The topological polar surface area (TPSA) is 36.4 Å². The third-order valence-corrected chi connectivity index (χ3v) is 3.83. The molecule has 0 saturated carbocycles. The lowest BCUT2D eigenvalue weighted by Gasteiger charge is -2.27. The van der Waals surface area contributed by atoms with Gasteiger partial charge in [-0.05, 0) is 18.4 Å². The molecule has 0 amide bonds. The van der Waals surface area contributed by atoms with E-state index in [-0.39, 0.29) is 5.41 Å². The van der Waals surface area contributed by atoms with Gasteiger partial charge in [-0.25, -0.2) is 0 Å². The van der Waals surface area contributed by atoms with Crippen molar-refractivity contribution in [3.8, 4) is 0 Å². The monoisotopic (exact) mass is 271 g/mol. The second-order valence-electron chi connectivity index (χ2n) is 5.96. The van der Waals surface area contributed by atoms with E-state index in [2.05, 4.69) is 72.0 Å². The van der Waals surface area contributed by atoms with Crippen molar-refractivity contribution in [2.24, 2.45) is 4.99 Å². The van der Waals surface area contributed by atoms with Gasteiger partial charge in [0.1, 0.15) is 0 Å². The van der Waals surface area contributed by atoms with Gasteiger partial charge in [0.15, 0.2) is 5.96 Å². The third kappa shape index (κ3) is 3.86. The number of rotatable bonds is 4. The Hall–Kier alpha value is -1.77. The molecule has 0 unspecified atom stereocenters. The lowest BCUT2D eigenvalue weighted by molar-refractivity contribution is 0.504. The van der Waals surface area contributed by atoms with Crippen molar-refractivity contribution >= 4 is 5.96 Å². The Labute approximate surface area is 122 Å². The highest BCUT2D eigenvalue weighted by atomic mass is 15.2. The number of nitrogens with one attached hydrogen (secondary N) is 2. The Morgan fingerprint density at radius 3 is 2.45 bits per heavy atom. The van der Waals surface area contributed by atoms with Crippen LogP contribution in [0.3, 0.4) is 0 Å². The Bertz CT molecular complexity index is 466. The molecule has 0 spiro atoms. The number of hydrogen-bond donors (Lipinski definition) is 2.